The molecule has 2 aromatic rings. The first-order chi connectivity index (χ1) is 11.5. The fourth-order valence-electron chi connectivity index (χ4n) is 2.27. The summed E-state index contributed by atoms with van der Waals surface area (Å²) in [6.45, 7) is 1.85. The van der Waals surface area contributed by atoms with E-state index in [2.05, 4.69) is 10.3 Å². The second-order valence-electron chi connectivity index (χ2n) is 5.14. The van der Waals surface area contributed by atoms with Crippen LogP contribution in [0.1, 0.15) is 11.3 Å². The fourth-order valence-corrected chi connectivity index (χ4v) is 2.67. The SMILES string of the molecule is Cc1cccnc1/C=C1/C(=O)NC(=S)N(c2ccc(Cl)cc2)C1=O. The molecule has 1 saturated heterocycles. The van der Waals surface area contributed by atoms with Crippen molar-refractivity contribution in [1.82, 2.24) is 10.3 Å². The minimum absolute atomic E-state index is 0.0275. The Hall–Kier alpha value is -2.57. The third-order valence-corrected chi connectivity index (χ3v) is 4.05. The monoisotopic (exact) mass is 357 g/mol. The summed E-state index contributed by atoms with van der Waals surface area (Å²) in [5.74, 6) is -1.05. The molecule has 1 fully saturated rings. The van der Waals surface area contributed by atoms with E-state index in [1.807, 2.05) is 13.0 Å². The maximum atomic E-state index is 12.8. The average Bonchev–Trinajstić information content (AvgIpc) is 2.54. The molecule has 2 amide bonds. The van der Waals surface area contributed by atoms with Gasteiger partial charge in [0, 0.05) is 11.2 Å². The van der Waals surface area contributed by atoms with Gasteiger partial charge in [0.25, 0.3) is 11.8 Å². The summed E-state index contributed by atoms with van der Waals surface area (Å²) < 4.78 is 0. The summed E-state index contributed by atoms with van der Waals surface area (Å²) in [6, 6.07) is 10.3. The molecule has 2 heterocycles. The molecule has 7 heteroatoms. The Bertz CT molecular complexity index is 878. The van der Waals surface area contributed by atoms with Gasteiger partial charge in [-0.25, -0.2) is 0 Å². The number of hydrogen-bond acceptors (Lipinski definition) is 4. The second-order valence-corrected chi connectivity index (χ2v) is 5.96. The summed E-state index contributed by atoms with van der Waals surface area (Å²) in [7, 11) is 0. The molecular weight excluding hydrogens is 346 g/mol. The molecule has 5 nitrogen and oxygen atoms in total. The number of anilines is 1. The van der Waals surface area contributed by atoms with E-state index in [0.717, 1.165) is 5.56 Å². The number of pyridine rings is 1. The van der Waals surface area contributed by atoms with Crippen LogP contribution in [0.3, 0.4) is 0 Å². The Morgan fingerprint density at radius 3 is 2.58 bits per heavy atom. The maximum Gasteiger partial charge on any atom is 0.270 e. The van der Waals surface area contributed by atoms with Crippen molar-refractivity contribution < 1.29 is 9.59 Å². The predicted molar refractivity (Wildman–Crippen MR) is 96.6 cm³/mol. The van der Waals surface area contributed by atoms with E-state index in [-0.39, 0.29) is 10.7 Å². The summed E-state index contributed by atoms with van der Waals surface area (Å²) in [5.41, 5.74) is 1.91. The molecule has 0 spiro atoms. The lowest BCUT2D eigenvalue weighted by Crippen LogP contribution is -2.54. The predicted octanol–water partition coefficient (Wildman–Crippen LogP) is 2.87. The van der Waals surface area contributed by atoms with Crippen LogP contribution < -0.4 is 10.2 Å². The maximum absolute atomic E-state index is 12.8. The van der Waals surface area contributed by atoms with Crippen molar-refractivity contribution >= 4 is 52.5 Å². The van der Waals surface area contributed by atoms with Gasteiger partial charge in [0.2, 0.25) is 0 Å². The summed E-state index contributed by atoms with van der Waals surface area (Å²) in [4.78, 5) is 30.4. The summed E-state index contributed by atoms with van der Waals surface area (Å²) >= 11 is 11.0. The molecule has 0 radical (unpaired) electrons. The van der Waals surface area contributed by atoms with Gasteiger partial charge in [0.05, 0.1) is 11.4 Å². The highest BCUT2D eigenvalue weighted by Gasteiger charge is 2.34. The number of nitrogens with zero attached hydrogens (tertiary/aromatic N) is 2. The molecule has 1 N–H and O–H groups in total. The van der Waals surface area contributed by atoms with Crippen LogP contribution in [0, 0.1) is 6.92 Å². The van der Waals surface area contributed by atoms with Crippen LogP contribution >= 0.6 is 23.8 Å². The van der Waals surface area contributed by atoms with Crippen molar-refractivity contribution in [3.05, 3.63) is 64.4 Å². The Morgan fingerprint density at radius 2 is 1.92 bits per heavy atom. The molecule has 1 aliphatic heterocycles. The molecule has 1 aromatic carbocycles. The highest BCUT2D eigenvalue weighted by molar-refractivity contribution is 7.80. The van der Waals surface area contributed by atoms with Gasteiger partial charge in [-0.15, -0.1) is 0 Å². The van der Waals surface area contributed by atoms with Crippen molar-refractivity contribution in [2.45, 2.75) is 6.92 Å². The lowest BCUT2D eigenvalue weighted by molar-refractivity contribution is -0.122. The van der Waals surface area contributed by atoms with Gasteiger partial charge in [-0.3, -0.25) is 24.8 Å². The smallest absolute Gasteiger partial charge is 0.270 e. The van der Waals surface area contributed by atoms with Crippen molar-refractivity contribution in [2.24, 2.45) is 0 Å². The van der Waals surface area contributed by atoms with E-state index in [1.54, 1.807) is 36.5 Å². The third-order valence-electron chi connectivity index (χ3n) is 3.52. The van der Waals surface area contributed by atoms with Crippen molar-refractivity contribution in [1.29, 1.82) is 0 Å². The lowest BCUT2D eigenvalue weighted by Gasteiger charge is -2.28. The van der Waals surface area contributed by atoms with Gasteiger partial charge in [-0.1, -0.05) is 17.7 Å². The average molecular weight is 358 g/mol. The second kappa shape index (κ2) is 6.51. The van der Waals surface area contributed by atoms with E-state index in [4.69, 9.17) is 23.8 Å². The number of aromatic nitrogens is 1. The normalized spacial score (nSPS) is 16.5. The number of aryl methyl sites for hydroxylation is 1. The molecule has 0 atom stereocenters. The Morgan fingerprint density at radius 1 is 1.21 bits per heavy atom. The number of halogens is 1. The molecule has 0 aliphatic carbocycles. The zero-order chi connectivity index (χ0) is 17.3. The van der Waals surface area contributed by atoms with Crippen molar-refractivity contribution in [2.75, 3.05) is 4.90 Å². The summed E-state index contributed by atoms with van der Waals surface area (Å²) in [5, 5.41) is 3.10. The number of benzene rings is 1. The van der Waals surface area contributed by atoms with Gasteiger partial charge >= 0.3 is 0 Å². The van der Waals surface area contributed by atoms with E-state index < -0.39 is 11.8 Å². The first-order valence-corrected chi connectivity index (χ1v) is 7.84. The number of carbonyl (C=O) groups excluding carboxylic acids is 2. The van der Waals surface area contributed by atoms with Crippen LogP contribution in [0.4, 0.5) is 5.69 Å². The number of nitrogens with one attached hydrogen (secondary N) is 1. The molecular formula is C17H12ClN3O2S. The van der Waals surface area contributed by atoms with Gasteiger partial charge in [-0.2, -0.15) is 0 Å². The molecule has 1 aromatic heterocycles. The molecule has 24 heavy (non-hydrogen) atoms. The van der Waals surface area contributed by atoms with Gasteiger partial charge in [0.15, 0.2) is 5.11 Å². The molecule has 3 rings (SSSR count). The van der Waals surface area contributed by atoms with Gasteiger partial charge in [0.1, 0.15) is 5.57 Å². The van der Waals surface area contributed by atoms with Crippen LogP contribution in [0.2, 0.25) is 5.02 Å². The highest BCUT2D eigenvalue weighted by Crippen LogP contribution is 2.23. The number of hydrogen-bond donors (Lipinski definition) is 1. The standard InChI is InChI=1S/C17H12ClN3O2S/c1-10-3-2-8-19-14(10)9-13-15(22)20-17(24)21(16(13)23)12-6-4-11(18)5-7-12/h2-9H,1H3,(H,20,22,24)/b13-9-. The zero-order valence-electron chi connectivity index (χ0n) is 12.6. The van der Waals surface area contributed by atoms with Gasteiger partial charge in [-0.05, 0) is 61.1 Å². The first-order valence-electron chi connectivity index (χ1n) is 7.06. The fraction of sp³-hybridized carbons (Fsp3) is 0.0588. The van der Waals surface area contributed by atoms with Crippen LogP contribution in [0.15, 0.2) is 48.2 Å². The minimum atomic E-state index is -0.541. The zero-order valence-corrected chi connectivity index (χ0v) is 14.2. The number of rotatable bonds is 2. The number of carbonyl (C=O) groups is 2. The van der Waals surface area contributed by atoms with Crippen molar-refractivity contribution in [3.63, 3.8) is 0 Å². The molecule has 1 aliphatic rings. The van der Waals surface area contributed by atoms with E-state index in [1.165, 1.54) is 11.0 Å². The lowest BCUT2D eigenvalue weighted by atomic mass is 10.1. The molecule has 0 bridgehead atoms. The summed E-state index contributed by atoms with van der Waals surface area (Å²) in [6.07, 6.45) is 3.07. The minimum Gasteiger partial charge on any atom is -0.298 e. The third kappa shape index (κ3) is 3.06. The Kier molecular flexibility index (Phi) is 4.42. The van der Waals surface area contributed by atoms with Gasteiger partial charge < -0.3 is 0 Å². The molecule has 0 saturated carbocycles. The Labute approximate surface area is 148 Å². The van der Waals surface area contributed by atoms with Crippen LogP contribution in [0.5, 0.6) is 0 Å². The largest absolute Gasteiger partial charge is 0.298 e. The van der Waals surface area contributed by atoms with Crippen LogP contribution in [0.25, 0.3) is 6.08 Å². The van der Waals surface area contributed by atoms with E-state index in [0.29, 0.717) is 16.4 Å². The quantitative estimate of drug-likeness (QED) is 0.510. The highest BCUT2D eigenvalue weighted by atomic mass is 35.5. The Balaban J connectivity index is 2.03. The number of amides is 2. The molecule has 0 unspecified atom stereocenters. The number of thiocarbonyl (C=S) groups is 1. The van der Waals surface area contributed by atoms with E-state index in [9.17, 15) is 9.59 Å². The first kappa shape index (κ1) is 16.3. The van der Waals surface area contributed by atoms with Crippen LogP contribution in [-0.4, -0.2) is 21.9 Å². The topological polar surface area (TPSA) is 62.3 Å². The molecule has 120 valence electrons. The van der Waals surface area contributed by atoms with Crippen molar-refractivity contribution in [3.8, 4) is 0 Å². The van der Waals surface area contributed by atoms with Crippen LogP contribution in [-0.2, 0) is 9.59 Å². The van der Waals surface area contributed by atoms with E-state index >= 15 is 0 Å².